The number of ether oxygens (including phenoxy) is 2. The van der Waals surface area contributed by atoms with Crippen LogP contribution >= 0.6 is 0 Å². The summed E-state index contributed by atoms with van der Waals surface area (Å²) >= 11 is 0. The van der Waals surface area contributed by atoms with Crippen LogP contribution in [0.2, 0.25) is 0 Å². The number of carbonyl (C=O) groups is 1. The highest BCUT2D eigenvalue weighted by Crippen LogP contribution is 2.19. The Bertz CT molecular complexity index is 928. The van der Waals surface area contributed by atoms with Gasteiger partial charge in [0.1, 0.15) is 18.2 Å². The van der Waals surface area contributed by atoms with Gasteiger partial charge in [-0.2, -0.15) is 0 Å². The number of hydrogen-bond acceptors (Lipinski definition) is 6. The van der Waals surface area contributed by atoms with E-state index in [0.29, 0.717) is 31.8 Å². The van der Waals surface area contributed by atoms with Crippen molar-refractivity contribution in [2.75, 3.05) is 13.2 Å². The average molecular weight is 424 g/mol. The summed E-state index contributed by atoms with van der Waals surface area (Å²) in [4.78, 5) is 13.9. The normalized spacial score (nSPS) is 15.1. The van der Waals surface area contributed by atoms with E-state index in [0.717, 1.165) is 5.56 Å². The standard InChI is InChI=1S/C19H21FN2O6S/c20-16-3-1-14(2-4-16)13-28-17-5-7-18(8-6-17)29(25,26)21-22(24)19(23)15-9-11-27-12-10-15/h1-8,15,21,24H,9-13H2. The molecule has 1 heterocycles. The van der Waals surface area contributed by atoms with Crippen molar-refractivity contribution in [1.82, 2.24) is 10.0 Å². The van der Waals surface area contributed by atoms with Crippen molar-refractivity contribution < 1.29 is 32.3 Å². The summed E-state index contributed by atoms with van der Waals surface area (Å²) < 4.78 is 48.4. The summed E-state index contributed by atoms with van der Waals surface area (Å²) in [7, 11) is -4.16. The molecule has 1 fully saturated rings. The Morgan fingerprint density at radius 2 is 1.76 bits per heavy atom. The van der Waals surface area contributed by atoms with Crippen LogP contribution in [-0.2, 0) is 26.2 Å². The molecule has 8 nitrogen and oxygen atoms in total. The number of nitrogens with one attached hydrogen (secondary N) is 1. The van der Waals surface area contributed by atoms with Crippen LogP contribution in [0.15, 0.2) is 53.4 Å². The highest BCUT2D eigenvalue weighted by atomic mass is 32.2. The average Bonchev–Trinajstić information content (AvgIpc) is 2.73. The van der Waals surface area contributed by atoms with Crippen LogP contribution in [-0.4, -0.2) is 37.9 Å². The predicted octanol–water partition coefficient (Wildman–Crippen LogP) is 2.24. The fourth-order valence-corrected chi connectivity index (χ4v) is 3.71. The topological polar surface area (TPSA) is 105 Å². The van der Waals surface area contributed by atoms with Gasteiger partial charge in [0.25, 0.3) is 15.9 Å². The molecule has 1 saturated heterocycles. The molecule has 2 aromatic rings. The minimum Gasteiger partial charge on any atom is -0.489 e. The van der Waals surface area contributed by atoms with Crippen LogP contribution in [0.1, 0.15) is 18.4 Å². The van der Waals surface area contributed by atoms with Crippen molar-refractivity contribution in [2.24, 2.45) is 5.92 Å². The number of hydroxylamine groups is 1. The molecule has 2 N–H and O–H groups in total. The zero-order chi connectivity index (χ0) is 20.9. The number of halogens is 1. The number of carbonyl (C=O) groups excluding carboxylic acids is 1. The summed E-state index contributed by atoms with van der Waals surface area (Å²) in [5, 5.41) is 9.87. The molecule has 1 aliphatic rings. The van der Waals surface area contributed by atoms with Gasteiger partial charge in [-0.15, -0.1) is 5.17 Å². The molecule has 1 amide bonds. The molecule has 0 unspecified atom stereocenters. The first-order valence-corrected chi connectivity index (χ1v) is 10.4. The molecule has 2 aromatic carbocycles. The highest BCUT2D eigenvalue weighted by molar-refractivity contribution is 7.89. The van der Waals surface area contributed by atoms with E-state index in [1.54, 1.807) is 12.1 Å². The van der Waals surface area contributed by atoms with Gasteiger partial charge >= 0.3 is 0 Å². The van der Waals surface area contributed by atoms with E-state index in [-0.39, 0.29) is 22.5 Å². The molecule has 1 aliphatic heterocycles. The quantitative estimate of drug-likeness (QED) is 0.522. The highest BCUT2D eigenvalue weighted by Gasteiger charge is 2.29. The molecule has 0 saturated carbocycles. The molecule has 156 valence electrons. The van der Waals surface area contributed by atoms with E-state index in [9.17, 15) is 22.8 Å². The van der Waals surface area contributed by atoms with Crippen LogP contribution in [0.5, 0.6) is 5.75 Å². The van der Waals surface area contributed by atoms with Gasteiger partial charge in [0.15, 0.2) is 0 Å². The second-order valence-electron chi connectivity index (χ2n) is 6.52. The minimum absolute atomic E-state index is 0.0181. The first kappa shape index (κ1) is 21.2. The second kappa shape index (κ2) is 9.31. The Balaban J connectivity index is 1.58. The third kappa shape index (κ3) is 5.73. The zero-order valence-corrected chi connectivity index (χ0v) is 16.3. The lowest BCUT2D eigenvalue weighted by atomic mass is 10.00. The molecule has 0 radical (unpaired) electrons. The van der Waals surface area contributed by atoms with Crippen LogP contribution in [0.25, 0.3) is 0 Å². The lowest BCUT2D eigenvalue weighted by molar-refractivity contribution is -0.179. The predicted molar refractivity (Wildman–Crippen MR) is 99.7 cm³/mol. The number of rotatable bonds is 7. The van der Waals surface area contributed by atoms with Crippen LogP contribution in [0.4, 0.5) is 4.39 Å². The zero-order valence-electron chi connectivity index (χ0n) is 15.5. The smallest absolute Gasteiger partial charge is 0.265 e. The van der Waals surface area contributed by atoms with Gasteiger partial charge in [-0.05, 0) is 54.8 Å². The number of sulfonamides is 1. The van der Waals surface area contributed by atoms with Gasteiger partial charge in [-0.3, -0.25) is 10.0 Å². The van der Waals surface area contributed by atoms with E-state index < -0.39 is 21.8 Å². The Kier molecular flexibility index (Phi) is 6.80. The summed E-state index contributed by atoms with van der Waals surface area (Å²) in [6.07, 6.45) is 0.829. The van der Waals surface area contributed by atoms with E-state index in [1.807, 2.05) is 4.83 Å². The van der Waals surface area contributed by atoms with Gasteiger partial charge in [0.05, 0.1) is 4.90 Å². The minimum atomic E-state index is -4.16. The fourth-order valence-electron chi connectivity index (χ4n) is 2.79. The van der Waals surface area contributed by atoms with E-state index in [4.69, 9.17) is 9.47 Å². The van der Waals surface area contributed by atoms with E-state index in [1.165, 1.54) is 36.4 Å². The van der Waals surface area contributed by atoms with Crippen molar-refractivity contribution >= 4 is 15.9 Å². The lowest BCUT2D eigenvalue weighted by Crippen LogP contribution is -2.47. The first-order valence-electron chi connectivity index (χ1n) is 8.95. The van der Waals surface area contributed by atoms with Crippen molar-refractivity contribution in [3.63, 3.8) is 0 Å². The maximum Gasteiger partial charge on any atom is 0.265 e. The second-order valence-corrected chi connectivity index (χ2v) is 8.18. The SMILES string of the molecule is O=C(C1CCOCC1)N(O)NS(=O)(=O)c1ccc(OCc2ccc(F)cc2)cc1. The summed E-state index contributed by atoms with van der Waals surface area (Å²) in [6.45, 7) is 0.960. The molecular weight excluding hydrogens is 403 g/mol. The largest absolute Gasteiger partial charge is 0.489 e. The molecule has 0 aliphatic carbocycles. The number of benzene rings is 2. The molecule has 0 atom stereocenters. The van der Waals surface area contributed by atoms with E-state index >= 15 is 0 Å². The van der Waals surface area contributed by atoms with Gasteiger partial charge in [0.2, 0.25) is 0 Å². The van der Waals surface area contributed by atoms with Crippen LogP contribution < -0.4 is 9.57 Å². The Morgan fingerprint density at radius 1 is 1.14 bits per heavy atom. The first-order chi connectivity index (χ1) is 13.8. The number of nitrogens with zero attached hydrogens (tertiary/aromatic N) is 1. The maximum absolute atomic E-state index is 12.9. The molecule has 29 heavy (non-hydrogen) atoms. The number of hydrogen-bond donors (Lipinski definition) is 2. The molecule has 0 spiro atoms. The van der Waals surface area contributed by atoms with E-state index in [2.05, 4.69) is 0 Å². The third-order valence-corrected chi connectivity index (χ3v) is 5.74. The molecule has 10 heteroatoms. The van der Waals surface area contributed by atoms with Crippen molar-refractivity contribution in [1.29, 1.82) is 0 Å². The number of hydrazine groups is 1. The Hall–Kier alpha value is -2.53. The van der Waals surface area contributed by atoms with Crippen molar-refractivity contribution in [2.45, 2.75) is 24.3 Å². The van der Waals surface area contributed by atoms with Crippen LogP contribution in [0, 0.1) is 11.7 Å². The van der Waals surface area contributed by atoms with Crippen molar-refractivity contribution in [3.8, 4) is 5.75 Å². The third-order valence-electron chi connectivity index (χ3n) is 4.44. The number of amides is 1. The Labute approximate surface area is 167 Å². The monoisotopic (exact) mass is 424 g/mol. The van der Waals surface area contributed by atoms with Crippen LogP contribution in [0.3, 0.4) is 0 Å². The van der Waals surface area contributed by atoms with Crippen molar-refractivity contribution in [3.05, 3.63) is 59.9 Å². The van der Waals surface area contributed by atoms with Gasteiger partial charge in [-0.25, -0.2) is 12.8 Å². The lowest BCUT2D eigenvalue weighted by Gasteiger charge is -2.24. The molecular formula is C19H21FN2O6S. The Morgan fingerprint density at radius 3 is 2.38 bits per heavy atom. The summed E-state index contributed by atoms with van der Waals surface area (Å²) in [5.41, 5.74) is 0.757. The summed E-state index contributed by atoms with van der Waals surface area (Å²) in [6, 6.07) is 11.3. The summed E-state index contributed by atoms with van der Waals surface area (Å²) in [5.74, 6) is -1.16. The molecule has 3 rings (SSSR count). The fraction of sp³-hybridized carbons (Fsp3) is 0.316. The molecule has 0 bridgehead atoms. The van der Waals surface area contributed by atoms with Gasteiger partial charge in [0, 0.05) is 19.1 Å². The molecule has 0 aromatic heterocycles. The van der Waals surface area contributed by atoms with Gasteiger partial charge in [-0.1, -0.05) is 17.0 Å². The van der Waals surface area contributed by atoms with Gasteiger partial charge < -0.3 is 9.47 Å². The maximum atomic E-state index is 12.9.